The number of anilines is 2. The zero-order valence-electron chi connectivity index (χ0n) is 20.5. The average Bonchev–Trinajstić information content (AvgIpc) is 3.34. The summed E-state index contributed by atoms with van der Waals surface area (Å²) in [5.74, 6) is -0.806. The number of sulfone groups is 1. The molecule has 2 unspecified atom stereocenters. The van der Waals surface area contributed by atoms with Gasteiger partial charge in [0.15, 0.2) is 15.0 Å². The maximum absolute atomic E-state index is 12.3. The molecule has 2 atom stereocenters. The average molecular weight is 542 g/mol. The summed E-state index contributed by atoms with van der Waals surface area (Å²) in [5.41, 5.74) is 3.31. The van der Waals surface area contributed by atoms with Crippen molar-refractivity contribution in [3.8, 4) is 0 Å². The van der Waals surface area contributed by atoms with Crippen molar-refractivity contribution >= 4 is 50.0 Å². The van der Waals surface area contributed by atoms with Gasteiger partial charge in [-0.05, 0) is 55.0 Å². The quantitative estimate of drug-likeness (QED) is 0.567. The highest BCUT2D eigenvalue weighted by atomic mass is 32.2. The standard InChI is InChI=1S/C27H31N3O5S2/c31-25(10-11-26(32)33)28-27-30(23-17-37(34,35)18-24(23)36-27)22-8-6-21(7-9-22)29-14-12-20(13-15-29)16-19-4-2-1-3-5-19/h1-9,20,23-24H,10-18H2,(H,32,33). The lowest BCUT2D eigenvalue weighted by Crippen LogP contribution is -2.38. The molecule has 5 rings (SSSR count). The van der Waals surface area contributed by atoms with Crippen molar-refractivity contribution in [3.05, 3.63) is 60.2 Å². The zero-order chi connectivity index (χ0) is 26.0. The van der Waals surface area contributed by atoms with Crippen LogP contribution < -0.4 is 9.80 Å². The third-order valence-electron chi connectivity index (χ3n) is 7.31. The molecule has 0 saturated carbocycles. The number of carbonyl (C=O) groups excluding carboxylic acids is 1. The number of fused-ring (bicyclic) bond motifs is 1. The smallest absolute Gasteiger partial charge is 0.303 e. The van der Waals surface area contributed by atoms with Crippen LogP contribution in [0.4, 0.5) is 11.4 Å². The Labute approximate surface area is 221 Å². The van der Waals surface area contributed by atoms with Gasteiger partial charge in [0.2, 0.25) is 5.91 Å². The predicted molar refractivity (Wildman–Crippen MR) is 147 cm³/mol. The Morgan fingerprint density at radius 1 is 0.946 bits per heavy atom. The van der Waals surface area contributed by atoms with Crippen LogP contribution in [0.2, 0.25) is 0 Å². The number of amides is 1. The molecule has 3 fully saturated rings. The summed E-state index contributed by atoms with van der Waals surface area (Å²) in [6.45, 7) is 1.98. The monoisotopic (exact) mass is 541 g/mol. The van der Waals surface area contributed by atoms with Crippen molar-refractivity contribution in [2.24, 2.45) is 10.9 Å². The van der Waals surface area contributed by atoms with E-state index in [0.717, 1.165) is 43.7 Å². The van der Waals surface area contributed by atoms with Gasteiger partial charge in [-0.2, -0.15) is 4.99 Å². The molecule has 3 saturated heterocycles. The Hall–Kier alpha value is -2.85. The van der Waals surface area contributed by atoms with Crippen LogP contribution in [0, 0.1) is 5.92 Å². The second kappa shape index (κ2) is 10.9. The van der Waals surface area contributed by atoms with E-state index in [1.807, 2.05) is 17.0 Å². The van der Waals surface area contributed by atoms with Crippen LogP contribution in [-0.2, 0) is 25.8 Å². The van der Waals surface area contributed by atoms with Gasteiger partial charge in [0, 0.05) is 36.1 Å². The normalized spacial score (nSPS) is 24.4. The second-order valence-electron chi connectivity index (χ2n) is 9.99. The molecule has 2 aromatic carbocycles. The molecule has 3 heterocycles. The van der Waals surface area contributed by atoms with Crippen molar-refractivity contribution in [2.45, 2.75) is 43.4 Å². The Morgan fingerprint density at radius 3 is 2.30 bits per heavy atom. The Bertz CT molecular complexity index is 1270. The topological polar surface area (TPSA) is 107 Å². The van der Waals surface area contributed by atoms with Crippen molar-refractivity contribution in [1.29, 1.82) is 0 Å². The third kappa shape index (κ3) is 6.18. The number of piperidine rings is 1. The van der Waals surface area contributed by atoms with Gasteiger partial charge in [0.25, 0.3) is 0 Å². The molecule has 0 bridgehead atoms. The number of carboxylic acids is 1. The van der Waals surface area contributed by atoms with Crippen molar-refractivity contribution in [3.63, 3.8) is 0 Å². The first-order valence-corrected chi connectivity index (χ1v) is 15.4. The van der Waals surface area contributed by atoms with Gasteiger partial charge in [-0.1, -0.05) is 42.1 Å². The minimum Gasteiger partial charge on any atom is -0.481 e. The lowest BCUT2D eigenvalue weighted by Gasteiger charge is -2.34. The number of thioether (sulfide) groups is 1. The maximum Gasteiger partial charge on any atom is 0.303 e. The van der Waals surface area contributed by atoms with Crippen LogP contribution in [0.3, 0.4) is 0 Å². The van der Waals surface area contributed by atoms with Gasteiger partial charge in [-0.15, -0.1) is 0 Å². The Morgan fingerprint density at radius 2 is 1.62 bits per heavy atom. The summed E-state index contributed by atoms with van der Waals surface area (Å²) in [4.78, 5) is 31.6. The van der Waals surface area contributed by atoms with Gasteiger partial charge < -0.3 is 14.9 Å². The molecular formula is C27H31N3O5S2. The minimum atomic E-state index is -3.16. The van der Waals surface area contributed by atoms with E-state index in [0.29, 0.717) is 11.1 Å². The van der Waals surface area contributed by atoms with Crippen LogP contribution in [0.1, 0.15) is 31.2 Å². The first-order valence-electron chi connectivity index (χ1n) is 12.7. The molecule has 0 radical (unpaired) electrons. The maximum atomic E-state index is 12.3. The van der Waals surface area contributed by atoms with E-state index in [1.54, 1.807) is 0 Å². The summed E-state index contributed by atoms with van der Waals surface area (Å²) in [5, 5.41) is 9.13. The molecule has 2 aromatic rings. The van der Waals surface area contributed by atoms with E-state index in [1.165, 1.54) is 17.3 Å². The molecule has 1 N–H and O–H groups in total. The number of hydrogen-bond donors (Lipinski definition) is 1. The number of carboxylic acid groups (broad SMARTS) is 1. The van der Waals surface area contributed by atoms with Crippen LogP contribution in [0.15, 0.2) is 59.6 Å². The molecule has 0 aliphatic carbocycles. The van der Waals surface area contributed by atoms with Gasteiger partial charge in [-0.3, -0.25) is 9.59 Å². The Balaban J connectivity index is 1.28. The predicted octanol–water partition coefficient (Wildman–Crippen LogP) is 3.61. The third-order valence-corrected chi connectivity index (χ3v) is 10.5. The molecule has 0 spiro atoms. The lowest BCUT2D eigenvalue weighted by molar-refractivity contribution is -0.138. The highest BCUT2D eigenvalue weighted by molar-refractivity contribution is 8.16. The SMILES string of the molecule is O=C(O)CCC(=O)N=C1SC2CS(=O)(=O)CC2N1c1ccc(N2CCC(Cc3ccccc3)CC2)cc1. The molecule has 10 heteroatoms. The summed E-state index contributed by atoms with van der Waals surface area (Å²) < 4.78 is 24.6. The van der Waals surface area contributed by atoms with E-state index in [9.17, 15) is 18.0 Å². The van der Waals surface area contributed by atoms with Gasteiger partial charge >= 0.3 is 5.97 Å². The van der Waals surface area contributed by atoms with Gasteiger partial charge in [0.1, 0.15) is 0 Å². The second-order valence-corrected chi connectivity index (χ2v) is 13.3. The molecule has 0 aromatic heterocycles. The van der Waals surface area contributed by atoms with Crippen LogP contribution in [-0.4, -0.2) is 66.5 Å². The number of amidine groups is 1. The van der Waals surface area contributed by atoms with Crippen molar-refractivity contribution < 1.29 is 23.1 Å². The summed E-state index contributed by atoms with van der Waals surface area (Å²) in [6, 6.07) is 18.4. The van der Waals surface area contributed by atoms with E-state index in [2.05, 4.69) is 52.4 Å². The first-order chi connectivity index (χ1) is 17.8. The number of aliphatic carboxylic acids is 1. The Kier molecular flexibility index (Phi) is 7.57. The van der Waals surface area contributed by atoms with Crippen LogP contribution in [0.25, 0.3) is 0 Å². The van der Waals surface area contributed by atoms with E-state index < -0.39 is 21.7 Å². The largest absolute Gasteiger partial charge is 0.481 e. The molecular weight excluding hydrogens is 510 g/mol. The van der Waals surface area contributed by atoms with Gasteiger partial charge in [0.05, 0.1) is 24.0 Å². The number of aliphatic imine (C=N–C) groups is 1. The molecule has 8 nitrogen and oxygen atoms in total. The highest BCUT2D eigenvalue weighted by Gasteiger charge is 2.49. The fourth-order valence-electron chi connectivity index (χ4n) is 5.41. The molecule has 37 heavy (non-hydrogen) atoms. The minimum absolute atomic E-state index is 0.0175. The number of rotatable bonds is 7. The van der Waals surface area contributed by atoms with Crippen LogP contribution in [0.5, 0.6) is 0 Å². The number of hydrogen-bond acceptors (Lipinski definition) is 6. The first kappa shape index (κ1) is 25.8. The van der Waals surface area contributed by atoms with Gasteiger partial charge in [-0.25, -0.2) is 8.42 Å². The van der Waals surface area contributed by atoms with Crippen molar-refractivity contribution in [1.82, 2.24) is 0 Å². The fourth-order valence-corrected chi connectivity index (χ4v) is 9.34. The zero-order valence-corrected chi connectivity index (χ0v) is 22.2. The molecule has 3 aliphatic rings. The fraction of sp³-hybridized carbons (Fsp3) is 0.444. The van der Waals surface area contributed by atoms with E-state index >= 15 is 0 Å². The number of nitrogens with zero attached hydrogens (tertiary/aromatic N) is 3. The highest BCUT2D eigenvalue weighted by Crippen LogP contribution is 2.41. The molecule has 1 amide bonds. The summed E-state index contributed by atoms with van der Waals surface area (Å²) in [6.07, 6.45) is 2.92. The molecule has 196 valence electrons. The summed E-state index contributed by atoms with van der Waals surface area (Å²) in [7, 11) is -3.16. The van der Waals surface area contributed by atoms with Crippen LogP contribution >= 0.6 is 11.8 Å². The number of benzene rings is 2. The lowest BCUT2D eigenvalue weighted by atomic mass is 9.90. The van der Waals surface area contributed by atoms with Crippen molar-refractivity contribution in [2.75, 3.05) is 34.4 Å². The molecule has 3 aliphatic heterocycles. The summed E-state index contributed by atoms with van der Waals surface area (Å²) >= 11 is 1.30. The number of carbonyl (C=O) groups is 2. The van der Waals surface area contributed by atoms with E-state index in [-0.39, 0.29) is 35.6 Å². The van der Waals surface area contributed by atoms with E-state index in [4.69, 9.17) is 5.11 Å².